The molecule has 0 radical (unpaired) electrons. The van der Waals surface area contributed by atoms with Gasteiger partial charge < -0.3 is 0 Å². The molecule has 0 bridgehead atoms. The molecule has 0 saturated carbocycles. The summed E-state index contributed by atoms with van der Waals surface area (Å²) in [6.45, 7) is 3.08. The summed E-state index contributed by atoms with van der Waals surface area (Å²) in [7, 11) is 0. The van der Waals surface area contributed by atoms with Gasteiger partial charge in [-0.25, -0.2) is 9.78 Å². The Kier molecular flexibility index (Phi) is 14.3. The summed E-state index contributed by atoms with van der Waals surface area (Å²) in [6.07, 6.45) is 23.9. The fraction of sp³-hybridized carbons (Fsp3) is 1.00. The van der Waals surface area contributed by atoms with Gasteiger partial charge in [0.15, 0.2) is 0 Å². The van der Waals surface area contributed by atoms with Crippen LogP contribution in [0, 0.1) is 0 Å². The molecule has 1 rings (SSSR count). The number of hydrogen-bond donors (Lipinski definition) is 0. The maximum absolute atomic E-state index is 5.29. The molecular weight excluding hydrogens is 272 g/mol. The summed E-state index contributed by atoms with van der Waals surface area (Å²) in [5, 5.41) is 0. The highest BCUT2D eigenvalue weighted by Crippen LogP contribution is 2.18. The van der Waals surface area contributed by atoms with Crippen molar-refractivity contribution in [2.24, 2.45) is 0 Å². The maximum atomic E-state index is 5.29. The van der Waals surface area contributed by atoms with Gasteiger partial charge in [-0.15, -0.1) is 0 Å². The topological polar surface area (TPSA) is 18.5 Å². The van der Waals surface area contributed by atoms with E-state index in [9.17, 15) is 0 Å². The van der Waals surface area contributed by atoms with Gasteiger partial charge in [-0.05, 0) is 19.3 Å². The molecule has 0 amide bonds. The van der Waals surface area contributed by atoms with E-state index in [-0.39, 0.29) is 0 Å². The highest BCUT2D eigenvalue weighted by atomic mass is 17.2. The monoisotopic (exact) mass is 312 g/mol. The van der Waals surface area contributed by atoms with Crippen molar-refractivity contribution >= 4 is 0 Å². The molecule has 1 atom stereocenters. The average Bonchev–Trinajstić information content (AvgIpc) is 2.56. The fourth-order valence-corrected chi connectivity index (χ4v) is 3.32. The van der Waals surface area contributed by atoms with Crippen molar-refractivity contribution in [2.75, 3.05) is 6.61 Å². The van der Waals surface area contributed by atoms with E-state index in [2.05, 4.69) is 6.92 Å². The maximum Gasteiger partial charge on any atom is 0.0930 e. The van der Waals surface area contributed by atoms with Crippen molar-refractivity contribution in [1.29, 1.82) is 0 Å². The number of unbranched alkanes of at least 4 members (excludes halogenated alkanes) is 13. The largest absolute Gasteiger partial charge is 0.236 e. The summed E-state index contributed by atoms with van der Waals surface area (Å²) in [5.74, 6) is 0. The van der Waals surface area contributed by atoms with E-state index < -0.39 is 0 Å². The predicted molar refractivity (Wildman–Crippen MR) is 95.0 cm³/mol. The van der Waals surface area contributed by atoms with Gasteiger partial charge in [0, 0.05) is 0 Å². The zero-order valence-electron chi connectivity index (χ0n) is 15.1. The van der Waals surface area contributed by atoms with Gasteiger partial charge in [-0.2, -0.15) is 0 Å². The third kappa shape index (κ3) is 12.5. The van der Waals surface area contributed by atoms with Crippen molar-refractivity contribution in [3.8, 4) is 0 Å². The Labute approximate surface area is 139 Å². The van der Waals surface area contributed by atoms with Crippen LogP contribution >= 0.6 is 0 Å². The molecule has 2 nitrogen and oxygen atoms in total. The molecule has 1 aliphatic rings. The van der Waals surface area contributed by atoms with Crippen LogP contribution in [-0.4, -0.2) is 12.7 Å². The normalized spacial score (nSPS) is 18.7. The molecule has 1 unspecified atom stereocenters. The SMILES string of the molecule is CCCCCCCCCCCCCCCCC1CCCOO1. The van der Waals surface area contributed by atoms with Crippen LogP contribution in [0.1, 0.15) is 116 Å². The summed E-state index contributed by atoms with van der Waals surface area (Å²) in [4.78, 5) is 10.3. The van der Waals surface area contributed by atoms with Crippen LogP contribution in [0.3, 0.4) is 0 Å². The van der Waals surface area contributed by atoms with Gasteiger partial charge in [0.05, 0.1) is 12.7 Å². The lowest BCUT2D eigenvalue weighted by molar-refractivity contribution is -0.345. The van der Waals surface area contributed by atoms with E-state index in [1.807, 2.05) is 0 Å². The molecule has 132 valence electrons. The summed E-state index contributed by atoms with van der Waals surface area (Å²) >= 11 is 0. The first kappa shape index (κ1) is 20.0. The third-order valence-electron chi connectivity index (χ3n) is 4.84. The minimum Gasteiger partial charge on any atom is -0.236 e. The Balaban J connectivity index is 1.68. The van der Waals surface area contributed by atoms with Crippen LogP contribution in [0.5, 0.6) is 0 Å². The fourth-order valence-electron chi connectivity index (χ4n) is 3.32. The molecule has 22 heavy (non-hydrogen) atoms. The molecular formula is C20H40O2. The van der Waals surface area contributed by atoms with Gasteiger partial charge in [-0.1, -0.05) is 96.8 Å². The minimum atomic E-state index is 0.381. The van der Waals surface area contributed by atoms with Crippen molar-refractivity contribution in [3.63, 3.8) is 0 Å². The molecule has 0 spiro atoms. The van der Waals surface area contributed by atoms with E-state index in [4.69, 9.17) is 9.78 Å². The molecule has 0 aromatic rings. The standard InChI is InChI=1S/C20H40O2/c1-2-3-4-5-6-7-8-9-10-11-12-13-14-15-17-20-18-16-19-21-22-20/h20H,2-19H2,1H3. The second-order valence-electron chi connectivity index (χ2n) is 7.07. The Hall–Kier alpha value is -0.0800. The van der Waals surface area contributed by atoms with E-state index in [1.54, 1.807) is 0 Å². The van der Waals surface area contributed by atoms with Crippen LogP contribution in [0.4, 0.5) is 0 Å². The quantitative estimate of drug-likeness (QED) is 0.240. The lowest BCUT2D eigenvalue weighted by Gasteiger charge is -2.20. The summed E-state index contributed by atoms with van der Waals surface area (Å²) in [6, 6.07) is 0. The first-order valence-corrected chi connectivity index (χ1v) is 10.2. The lowest BCUT2D eigenvalue weighted by atomic mass is 10.0. The highest BCUT2D eigenvalue weighted by Gasteiger charge is 2.14. The van der Waals surface area contributed by atoms with E-state index >= 15 is 0 Å². The minimum absolute atomic E-state index is 0.381. The van der Waals surface area contributed by atoms with Crippen LogP contribution in [0.2, 0.25) is 0 Å². The molecule has 0 aromatic heterocycles. The Morgan fingerprint density at radius 3 is 1.64 bits per heavy atom. The van der Waals surface area contributed by atoms with Gasteiger partial charge in [0.25, 0.3) is 0 Å². The van der Waals surface area contributed by atoms with Gasteiger partial charge in [0.2, 0.25) is 0 Å². The van der Waals surface area contributed by atoms with Gasteiger partial charge in [-0.3, -0.25) is 0 Å². The molecule has 1 aliphatic heterocycles. The number of hydrogen-bond acceptors (Lipinski definition) is 2. The Morgan fingerprint density at radius 2 is 1.18 bits per heavy atom. The highest BCUT2D eigenvalue weighted by molar-refractivity contribution is 4.59. The summed E-state index contributed by atoms with van der Waals surface area (Å²) < 4.78 is 0. The third-order valence-corrected chi connectivity index (χ3v) is 4.84. The lowest BCUT2D eigenvalue weighted by Crippen LogP contribution is -2.19. The second kappa shape index (κ2) is 15.8. The van der Waals surface area contributed by atoms with Gasteiger partial charge in [0.1, 0.15) is 0 Å². The smallest absolute Gasteiger partial charge is 0.0930 e. The second-order valence-corrected chi connectivity index (χ2v) is 7.07. The molecule has 1 heterocycles. The summed E-state index contributed by atoms with van der Waals surface area (Å²) in [5.41, 5.74) is 0. The van der Waals surface area contributed by atoms with Crippen molar-refractivity contribution in [3.05, 3.63) is 0 Å². The van der Waals surface area contributed by atoms with Gasteiger partial charge >= 0.3 is 0 Å². The molecule has 1 saturated heterocycles. The first-order chi connectivity index (χ1) is 10.9. The molecule has 0 N–H and O–H groups in total. The van der Waals surface area contributed by atoms with Crippen LogP contribution in [-0.2, 0) is 9.78 Å². The van der Waals surface area contributed by atoms with Crippen molar-refractivity contribution < 1.29 is 9.78 Å². The van der Waals surface area contributed by atoms with E-state index in [0.29, 0.717) is 6.10 Å². The molecule has 1 fully saturated rings. The first-order valence-electron chi connectivity index (χ1n) is 10.2. The van der Waals surface area contributed by atoms with Crippen LogP contribution in [0.15, 0.2) is 0 Å². The zero-order valence-corrected chi connectivity index (χ0v) is 15.1. The molecule has 0 aromatic carbocycles. The Morgan fingerprint density at radius 1 is 0.682 bits per heavy atom. The van der Waals surface area contributed by atoms with E-state index in [0.717, 1.165) is 6.61 Å². The molecule has 0 aliphatic carbocycles. The average molecular weight is 313 g/mol. The zero-order chi connectivity index (χ0) is 15.7. The predicted octanol–water partition coefficient (Wildman–Crippen LogP) is 6.97. The van der Waals surface area contributed by atoms with Crippen LogP contribution in [0.25, 0.3) is 0 Å². The molecule has 2 heteroatoms. The van der Waals surface area contributed by atoms with Crippen molar-refractivity contribution in [2.45, 2.75) is 122 Å². The van der Waals surface area contributed by atoms with E-state index in [1.165, 1.54) is 109 Å². The Bertz CT molecular complexity index is 212. The van der Waals surface area contributed by atoms with Crippen molar-refractivity contribution in [1.82, 2.24) is 0 Å². The number of rotatable bonds is 15. The van der Waals surface area contributed by atoms with Crippen LogP contribution < -0.4 is 0 Å².